The van der Waals surface area contributed by atoms with Crippen LogP contribution < -0.4 is 10.2 Å². The van der Waals surface area contributed by atoms with Gasteiger partial charge in [0, 0.05) is 49.7 Å². The third kappa shape index (κ3) is 6.66. The highest BCUT2D eigenvalue weighted by atomic mass is 32.2. The van der Waals surface area contributed by atoms with Gasteiger partial charge >= 0.3 is 0 Å². The van der Waals surface area contributed by atoms with Gasteiger partial charge in [-0.25, -0.2) is 0 Å². The smallest absolute Gasteiger partial charge is 0.265 e. The van der Waals surface area contributed by atoms with Crippen molar-refractivity contribution in [2.75, 3.05) is 50.7 Å². The van der Waals surface area contributed by atoms with Crippen LogP contribution in [0.5, 0.6) is 0 Å². The van der Waals surface area contributed by atoms with Crippen LogP contribution in [-0.2, 0) is 11.3 Å². The molecule has 5 rings (SSSR count). The lowest BCUT2D eigenvalue weighted by Gasteiger charge is -2.33. The lowest BCUT2D eigenvalue weighted by Crippen LogP contribution is -2.48. The molecule has 2 heterocycles. The first-order chi connectivity index (χ1) is 19.4. The van der Waals surface area contributed by atoms with E-state index < -0.39 is 0 Å². The van der Waals surface area contributed by atoms with Crippen LogP contribution >= 0.6 is 11.8 Å². The van der Waals surface area contributed by atoms with Crippen LogP contribution in [-0.4, -0.2) is 67.4 Å². The van der Waals surface area contributed by atoms with Gasteiger partial charge in [-0.2, -0.15) is 0 Å². The number of nitrogens with zero attached hydrogens (tertiary/aromatic N) is 3. The summed E-state index contributed by atoms with van der Waals surface area (Å²) in [5.41, 5.74) is 5.97. The van der Waals surface area contributed by atoms with Gasteiger partial charge in [0.05, 0.1) is 17.1 Å². The minimum atomic E-state index is -0.0665. The van der Waals surface area contributed by atoms with Crippen molar-refractivity contribution < 1.29 is 9.59 Å². The molecule has 2 aliphatic rings. The summed E-state index contributed by atoms with van der Waals surface area (Å²) in [5.74, 6) is -0.0747. The number of hydrogen-bond acceptors (Lipinski definition) is 5. The van der Waals surface area contributed by atoms with E-state index in [9.17, 15) is 9.59 Å². The Kier molecular flexibility index (Phi) is 9.04. The van der Waals surface area contributed by atoms with E-state index in [0.29, 0.717) is 23.6 Å². The Morgan fingerprint density at radius 3 is 2.42 bits per heavy atom. The quantitative estimate of drug-likeness (QED) is 0.381. The number of hydrogen-bond donors (Lipinski definition) is 1. The standard InChI is InChI=1S/C33H38N4O2S/c1-4-35-17-19-36(20-18-35)16-15-34-32(38)27-13-11-26(12-14-27)22-31-33(39)37(29-7-5-6-8-30(29)40-31)23-28-21-24(2)9-10-25(28)3/h5-14,21-22H,4,15-20,23H2,1-3H3,(H,34,38)/b31-22+. The SMILES string of the molecule is CCN1CCN(CCNC(=O)c2ccc(/C=C3/Sc4ccccc4N(Cc4cc(C)ccc4C)C3=O)cc2)CC1. The molecule has 208 valence electrons. The highest BCUT2D eigenvalue weighted by Gasteiger charge is 2.29. The van der Waals surface area contributed by atoms with Gasteiger partial charge in [0.25, 0.3) is 11.8 Å². The molecule has 3 aromatic rings. The van der Waals surface area contributed by atoms with E-state index in [1.807, 2.05) is 53.4 Å². The van der Waals surface area contributed by atoms with E-state index in [1.54, 1.807) is 0 Å². The maximum absolute atomic E-state index is 13.7. The molecule has 2 amide bonds. The molecule has 3 aromatic carbocycles. The molecular formula is C33H38N4O2S. The molecule has 0 atom stereocenters. The molecule has 6 nitrogen and oxygen atoms in total. The van der Waals surface area contributed by atoms with Crippen LogP contribution in [0.2, 0.25) is 0 Å². The highest BCUT2D eigenvalue weighted by molar-refractivity contribution is 8.04. The Labute approximate surface area is 242 Å². The minimum absolute atomic E-state index is 0.00815. The lowest BCUT2D eigenvalue weighted by molar-refractivity contribution is -0.114. The number of anilines is 1. The third-order valence-electron chi connectivity index (χ3n) is 7.76. The lowest BCUT2D eigenvalue weighted by atomic mass is 10.0. The fourth-order valence-electron chi connectivity index (χ4n) is 5.20. The molecule has 0 bridgehead atoms. The van der Waals surface area contributed by atoms with Crippen molar-refractivity contribution in [2.24, 2.45) is 0 Å². The Morgan fingerprint density at radius 2 is 1.68 bits per heavy atom. The number of thioether (sulfide) groups is 1. The van der Waals surface area contributed by atoms with E-state index in [0.717, 1.165) is 61.0 Å². The first kappa shape index (κ1) is 28.1. The second kappa shape index (κ2) is 12.9. The molecule has 0 aliphatic carbocycles. The van der Waals surface area contributed by atoms with Crippen molar-refractivity contribution in [3.8, 4) is 0 Å². The molecule has 40 heavy (non-hydrogen) atoms. The molecule has 1 fully saturated rings. The number of benzene rings is 3. The normalized spacial score (nSPS) is 17.2. The summed E-state index contributed by atoms with van der Waals surface area (Å²) in [6, 6.07) is 21.9. The van der Waals surface area contributed by atoms with Gasteiger partial charge < -0.3 is 15.1 Å². The van der Waals surface area contributed by atoms with Gasteiger partial charge in [-0.1, -0.05) is 66.7 Å². The molecule has 0 spiro atoms. The number of piperazine rings is 1. The number of likely N-dealkylation sites (N-methyl/N-ethyl adjacent to an activating group) is 1. The number of carbonyl (C=O) groups excluding carboxylic acids is 2. The Bertz CT molecular complexity index is 1390. The number of para-hydroxylation sites is 1. The summed E-state index contributed by atoms with van der Waals surface area (Å²) in [7, 11) is 0. The Morgan fingerprint density at radius 1 is 0.950 bits per heavy atom. The van der Waals surface area contributed by atoms with E-state index in [-0.39, 0.29) is 11.8 Å². The zero-order valence-corrected chi connectivity index (χ0v) is 24.5. The van der Waals surface area contributed by atoms with Crippen LogP contribution in [0, 0.1) is 13.8 Å². The zero-order valence-electron chi connectivity index (χ0n) is 23.7. The number of fused-ring (bicyclic) bond motifs is 1. The molecule has 1 saturated heterocycles. The van der Waals surface area contributed by atoms with Crippen molar-refractivity contribution in [1.82, 2.24) is 15.1 Å². The predicted octanol–water partition coefficient (Wildman–Crippen LogP) is 5.35. The molecule has 2 aliphatic heterocycles. The van der Waals surface area contributed by atoms with Gasteiger partial charge in [-0.3, -0.25) is 14.5 Å². The third-order valence-corrected chi connectivity index (χ3v) is 8.84. The van der Waals surface area contributed by atoms with Crippen LogP contribution in [0.25, 0.3) is 6.08 Å². The van der Waals surface area contributed by atoms with Crippen molar-refractivity contribution >= 4 is 35.3 Å². The summed E-state index contributed by atoms with van der Waals surface area (Å²) < 4.78 is 0. The second-order valence-electron chi connectivity index (χ2n) is 10.6. The molecule has 7 heteroatoms. The molecular weight excluding hydrogens is 516 g/mol. The molecule has 0 radical (unpaired) electrons. The van der Waals surface area contributed by atoms with Crippen molar-refractivity contribution in [3.05, 3.63) is 99.5 Å². The van der Waals surface area contributed by atoms with Crippen LogP contribution in [0.3, 0.4) is 0 Å². The first-order valence-electron chi connectivity index (χ1n) is 14.1. The van der Waals surface area contributed by atoms with E-state index >= 15 is 0 Å². The van der Waals surface area contributed by atoms with Crippen LogP contribution in [0.1, 0.15) is 39.5 Å². The number of nitrogens with one attached hydrogen (secondary N) is 1. The van der Waals surface area contributed by atoms with E-state index in [4.69, 9.17) is 0 Å². The summed E-state index contributed by atoms with van der Waals surface area (Å²) in [4.78, 5) is 34.9. The summed E-state index contributed by atoms with van der Waals surface area (Å²) in [6.45, 7) is 13.8. The van der Waals surface area contributed by atoms with Crippen LogP contribution in [0.4, 0.5) is 5.69 Å². The monoisotopic (exact) mass is 554 g/mol. The predicted molar refractivity (Wildman–Crippen MR) is 165 cm³/mol. The van der Waals surface area contributed by atoms with Crippen molar-refractivity contribution in [1.29, 1.82) is 0 Å². The number of carbonyl (C=O) groups is 2. The minimum Gasteiger partial charge on any atom is -0.351 e. The average Bonchev–Trinajstić information content (AvgIpc) is 2.97. The molecule has 0 aromatic heterocycles. The number of amides is 2. The van der Waals surface area contributed by atoms with Crippen molar-refractivity contribution in [3.63, 3.8) is 0 Å². The molecule has 0 saturated carbocycles. The van der Waals surface area contributed by atoms with Gasteiger partial charge in [-0.05, 0) is 67.4 Å². The maximum atomic E-state index is 13.7. The van der Waals surface area contributed by atoms with Crippen LogP contribution in [0.15, 0.2) is 76.5 Å². The molecule has 1 N–H and O–H groups in total. The maximum Gasteiger partial charge on any atom is 0.265 e. The Hall–Kier alpha value is -3.39. The fourth-order valence-corrected chi connectivity index (χ4v) is 6.26. The van der Waals surface area contributed by atoms with Gasteiger partial charge in [-0.15, -0.1) is 0 Å². The average molecular weight is 555 g/mol. The van der Waals surface area contributed by atoms with Gasteiger partial charge in [0.15, 0.2) is 0 Å². The Balaban J connectivity index is 1.25. The summed E-state index contributed by atoms with van der Waals surface area (Å²) in [5, 5.41) is 3.05. The van der Waals surface area contributed by atoms with Gasteiger partial charge in [0.2, 0.25) is 0 Å². The topological polar surface area (TPSA) is 55.9 Å². The van der Waals surface area contributed by atoms with Crippen molar-refractivity contribution in [2.45, 2.75) is 32.2 Å². The second-order valence-corrected chi connectivity index (χ2v) is 11.6. The number of rotatable bonds is 8. The van der Waals surface area contributed by atoms with E-state index in [1.165, 1.54) is 22.9 Å². The van der Waals surface area contributed by atoms with E-state index in [2.05, 4.69) is 60.2 Å². The highest BCUT2D eigenvalue weighted by Crippen LogP contribution is 2.42. The van der Waals surface area contributed by atoms with Gasteiger partial charge in [0.1, 0.15) is 0 Å². The molecule has 0 unspecified atom stereocenters. The fraction of sp³-hybridized carbons (Fsp3) is 0.333. The summed E-state index contributed by atoms with van der Waals surface area (Å²) in [6.07, 6.45) is 1.93. The first-order valence-corrected chi connectivity index (χ1v) is 14.9. The number of aryl methyl sites for hydroxylation is 2. The summed E-state index contributed by atoms with van der Waals surface area (Å²) >= 11 is 1.50. The zero-order chi connectivity index (χ0) is 28.1. The largest absolute Gasteiger partial charge is 0.351 e.